The van der Waals surface area contributed by atoms with Crippen molar-refractivity contribution in [1.29, 1.82) is 0 Å². The maximum Gasteiger partial charge on any atom is 0.459 e. The monoisotopic (exact) mass is 474 g/mol. The van der Waals surface area contributed by atoms with E-state index in [9.17, 15) is 9.36 Å². The van der Waals surface area contributed by atoms with Gasteiger partial charge in [-0.2, -0.15) is 5.09 Å². The van der Waals surface area contributed by atoms with E-state index in [1.807, 2.05) is 10.6 Å². The molecule has 0 bridgehead atoms. The third-order valence-corrected chi connectivity index (χ3v) is 7.29. The molecule has 1 aliphatic rings. The van der Waals surface area contributed by atoms with Crippen molar-refractivity contribution in [2.45, 2.75) is 38.3 Å². The highest BCUT2D eigenvalue weighted by Gasteiger charge is 2.35. The minimum Gasteiger partial charge on any atom is -0.468 e. The van der Waals surface area contributed by atoms with E-state index in [-0.39, 0.29) is 18.6 Å². The Hall–Kier alpha value is -3.01. The lowest BCUT2D eigenvalue weighted by Crippen LogP contribution is -2.34. The van der Waals surface area contributed by atoms with Gasteiger partial charge < -0.3 is 19.6 Å². The Labute approximate surface area is 191 Å². The first kappa shape index (κ1) is 23.2. The first-order valence-corrected chi connectivity index (χ1v) is 12.2. The van der Waals surface area contributed by atoms with E-state index in [0.29, 0.717) is 22.7 Å². The number of rotatable bonds is 9. The number of hydrogen-bond donors (Lipinski definition) is 2. The van der Waals surface area contributed by atoms with E-state index >= 15 is 0 Å². The van der Waals surface area contributed by atoms with Gasteiger partial charge in [0.2, 0.25) is 0 Å². The number of nitrogens with zero attached hydrogens (tertiary/aromatic N) is 4. The zero-order chi connectivity index (χ0) is 23.4. The summed E-state index contributed by atoms with van der Waals surface area (Å²) in [6.45, 7) is 1.74. The number of methoxy groups -OCH3 is 1. The van der Waals surface area contributed by atoms with Crippen LogP contribution >= 0.6 is 7.75 Å². The molecule has 4 atom stereocenters. The highest BCUT2D eigenvalue weighted by atomic mass is 31.2. The average Bonchev–Trinajstić information content (AvgIpc) is 3.45. The molecule has 12 heteroatoms. The first-order valence-electron chi connectivity index (χ1n) is 10.7. The van der Waals surface area contributed by atoms with Gasteiger partial charge in [-0.15, -0.1) is 0 Å². The molecule has 11 nitrogen and oxygen atoms in total. The molecular weight excluding hydrogens is 447 g/mol. The third-order valence-electron chi connectivity index (χ3n) is 5.65. The second-order valence-electron chi connectivity index (χ2n) is 7.99. The number of nitrogens with one attached hydrogen (secondary N) is 1. The second-order valence-corrected chi connectivity index (χ2v) is 9.68. The topological polar surface area (TPSA) is 143 Å². The van der Waals surface area contributed by atoms with E-state index in [1.165, 1.54) is 13.4 Å². The predicted molar refractivity (Wildman–Crippen MR) is 121 cm³/mol. The molecule has 3 N–H and O–H groups in total. The molecule has 1 fully saturated rings. The molecule has 1 aromatic carbocycles. The van der Waals surface area contributed by atoms with Gasteiger partial charge in [-0.05, 0) is 44.2 Å². The summed E-state index contributed by atoms with van der Waals surface area (Å²) in [5.41, 5.74) is 7.17. The number of benzene rings is 1. The zero-order valence-corrected chi connectivity index (χ0v) is 19.4. The van der Waals surface area contributed by atoms with Crippen molar-refractivity contribution in [3.63, 3.8) is 0 Å². The third kappa shape index (κ3) is 5.32. The number of esters is 1. The predicted octanol–water partition coefficient (Wildman–Crippen LogP) is 3.10. The molecular formula is C21H27N6O5P. The number of aromatic nitrogens is 4. The largest absolute Gasteiger partial charge is 0.468 e. The molecule has 0 radical (unpaired) electrons. The Balaban J connectivity index is 1.43. The van der Waals surface area contributed by atoms with Gasteiger partial charge in [-0.25, -0.2) is 19.5 Å². The smallest absolute Gasteiger partial charge is 0.459 e. The summed E-state index contributed by atoms with van der Waals surface area (Å²) < 4.78 is 31.7. The number of hydrogen-bond acceptors (Lipinski definition) is 9. The number of fused-ring (bicyclic) bond motifs is 1. The van der Waals surface area contributed by atoms with Crippen molar-refractivity contribution >= 4 is 30.7 Å². The van der Waals surface area contributed by atoms with Crippen LogP contribution in [0.15, 0.2) is 43.0 Å². The van der Waals surface area contributed by atoms with Crippen LogP contribution in [0.1, 0.15) is 32.2 Å². The number of ether oxygens (including phenoxy) is 1. The lowest BCUT2D eigenvalue weighted by atomic mass is 10.1. The maximum atomic E-state index is 13.5. The van der Waals surface area contributed by atoms with Crippen LogP contribution in [0.4, 0.5) is 5.82 Å². The minimum absolute atomic E-state index is 0.134. The molecule has 4 rings (SSSR count). The van der Waals surface area contributed by atoms with Crippen LogP contribution < -0.4 is 15.3 Å². The Bertz CT molecular complexity index is 1160. The number of carbonyl (C=O) groups is 1. The van der Waals surface area contributed by atoms with Crippen molar-refractivity contribution in [2.24, 2.45) is 5.92 Å². The molecule has 0 amide bonds. The van der Waals surface area contributed by atoms with Crippen molar-refractivity contribution < 1.29 is 23.1 Å². The van der Waals surface area contributed by atoms with Gasteiger partial charge in [0.05, 0.1) is 20.0 Å². The Morgan fingerprint density at radius 2 is 2.06 bits per heavy atom. The molecule has 0 spiro atoms. The standard InChI is InChI=1S/C21H27N6O5P/c1-14(21(28)30-2)26-33(29,32-17-6-4-3-5-7-17)31-11-15-8-9-16(10-15)27-13-25-18-19(22)23-12-24-20(18)27/h3-7,12-16H,8-11H2,1-2H3,(H,26,29)(H2,22,23,24)/t14-,15+,16-,33?/m0/s1. The van der Waals surface area contributed by atoms with Crippen LogP contribution in [0.5, 0.6) is 5.75 Å². The molecule has 0 aliphatic heterocycles. The van der Waals surface area contributed by atoms with Crippen LogP contribution in [0.2, 0.25) is 0 Å². The van der Waals surface area contributed by atoms with Crippen LogP contribution in [0.3, 0.4) is 0 Å². The van der Waals surface area contributed by atoms with Crippen molar-refractivity contribution in [3.8, 4) is 5.75 Å². The van der Waals surface area contributed by atoms with Crippen LogP contribution in [-0.4, -0.2) is 45.2 Å². The fourth-order valence-corrected chi connectivity index (χ4v) is 5.54. The van der Waals surface area contributed by atoms with Gasteiger partial charge in [0.25, 0.3) is 0 Å². The number of imidazole rings is 1. The summed E-state index contributed by atoms with van der Waals surface area (Å²) in [7, 11) is -2.58. The van der Waals surface area contributed by atoms with Gasteiger partial charge in [-0.3, -0.25) is 9.32 Å². The SMILES string of the molecule is COC(=O)[C@H](C)NP(=O)(OC[C@@H]1CC[C@H](n2cnc3c(N)ncnc32)C1)Oc1ccccc1. The number of anilines is 1. The molecule has 2 heterocycles. The van der Waals surface area contributed by atoms with Crippen molar-refractivity contribution in [3.05, 3.63) is 43.0 Å². The summed E-state index contributed by atoms with van der Waals surface area (Å²) in [6, 6.07) is 7.97. The lowest BCUT2D eigenvalue weighted by molar-refractivity contribution is -0.142. The summed E-state index contributed by atoms with van der Waals surface area (Å²) in [4.78, 5) is 24.5. The molecule has 2 aromatic heterocycles. The number of nitrogen functional groups attached to an aromatic ring is 1. The van der Waals surface area contributed by atoms with E-state index in [4.69, 9.17) is 19.5 Å². The molecule has 1 saturated carbocycles. The highest BCUT2D eigenvalue weighted by Crippen LogP contribution is 2.47. The fraction of sp³-hybridized carbons (Fsp3) is 0.429. The summed E-state index contributed by atoms with van der Waals surface area (Å²) in [5.74, 6) is 0.289. The van der Waals surface area contributed by atoms with E-state index in [1.54, 1.807) is 37.5 Å². The summed E-state index contributed by atoms with van der Waals surface area (Å²) in [5, 5.41) is 2.68. The van der Waals surface area contributed by atoms with Crippen molar-refractivity contribution in [1.82, 2.24) is 24.6 Å². The zero-order valence-electron chi connectivity index (χ0n) is 18.5. The molecule has 1 unspecified atom stereocenters. The Kier molecular flexibility index (Phi) is 6.92. The summed E-state index contributed by atoms with van der Waals surface area (Å²) >= 11 is 0. The van der Waals surface area contributed by atoms with Crippen LogP contribution in [0, 0.1) is 5.92 Å². The van der Waals surface area contributed by atoms with E-state index in [0.717, 1.165) is 19.3 Å². The molecule has 3 aromatic rings. The number of para-hydroxylation sites is 1. The second kappa shape index (κ2) is 9.86. The highest BCUT2D eigenvalue weighted by molar-refractivity contribution is 7.52. The van der Waals surface area contributed by atoms with E-state index < -0.39 is 19.8 Å². The van der Waals surface area contributed by atoms with Gasteiger partial charge in [-0.1, -0.05) is 18.2 Å². The number of carbonyl (C=O) groups excluding carboxylic acids is 1. The minimum atomic E-state index is -3.85. The van der Waals surface area contributed by atoms with Crippen LogP contribution in [-0.2, 0) is 18.6 Å². The summed E-state index contributed by atoms with van der Waals surface area (Å²) in [6.07, 6.45) is 5.69. The normalized spacial score (nSPS) is 20.9. The van der Waals surface area contributed by atoms with Gasteiger partial charge in [0.15, 0.2) is 11.5 Å². The van der Waals surface area contributed by atoms with Crippen molar-refractivity contribution in [2.75, 3.05) is 19.5 Å². The van der Waals surface area contributed by atoms with E-state index in [2.05, 4.69) is 20.0 Å². The van der Waals surface area contributed by atoms with Crippen LogP contribution in [0.25, 0.3) is 11.2 Å². The Morgan fingerprint density at radius 3 is 2.82 bits per heavy atom. The first-order chi connectivity index (χ1) is 15.9. The fourth-order valence-electron chi connectivity index (χ4n) is 3.97. The molecule has 176 valence electrons. The maximum absolute atomic E-state index is 13.5. The Morgan fingerprint density at radius 1 is 1.27 bits per heavy atom. The molecule has 1 aliphatic carbocycles. The van der Waals surface area contributed by atoms with Gasteiger partial charge in [0.1, 0.15) is 23.6 Å². The van der Waals surface area contributed by atoms with Gasteiger partial charge >= 0.3 is 13.7 Å². The molecule has 33 heavy (non-hydrogen) atoms. The lowest BCUT2D eigenvalue weighted by Gasteiger charge is -2.23. The van der Waals surface area contributed by atoms with Gasteiger partial charge in [0, 0.05) is 6.04 Å². The average molecular weight is 474 g/mol. The quantitative estimate of drug-likeness (QED) is 0.351. The molecule has 0 saturated heterocycles. The number of nitrogens with two attached hydrogens (primary N) is 1.